The zero-order valence-corrected chi connectivity index (χ0v) is 13.9. The first-order valence-corrected chi connectivity index (χ1v) is 8.29. The summed E-state index contributed by atoms with van der Waals surface area (Å²) < 4.78 is 2.45. The van der Waals surface area contributed by atoms with Gasteiger partial charge in [-0.1, -0.05) is 54.6 Å². The topological polar surface area (TPSA) is 4.93 Å². The highest BCUT2D eigenvalue weighted by Gasteiger charge is 2.15. The molecule has 0 amide bonds. The highest BCUT2D eigenvalue weighted by atomic mass is 15.0. The summed E-state index contributed by atoms with van der Waals surface area (Å²) in [5.74, 6) is 0. The van der Waals surface area contributed by atoms with E-state index in [4.69, 9.17) is 0 Å². The summed E-state index contributed by atoms with van der Waals surface area (Å²) in [6.45, 7) is 7.62. The molecule has 0 unspecified atom stereocenters. The van der Waals surface area contributed by atoms with Gasteiger partial charge in [-0.3, -0.25) is 0 Å². The van der Waals surface area contributed by atoms with Crippen LogP contribution in [0.4, 0.5) is 0 Å². The molecule has 3 aromatic carbocycles. The van der Waals surface area contributed by atoms with Gasteiger partial charge in [0.25, 0.3) is 0 Å². The third kappa shape index (κ3) is 2.00. The Kier molecular flexibility index (Phi) is 3.23. The zero-order valence-electron chi connectivity index (χ0n) is 13.9. The smallest absolute Gasteiger partial charge is 0.0571 e. The second kappa shape index (κ2) is 5.27. The molecule has 1 aromatic heterocycles. The minimum Gasteiger partial charge on any atom is -0.340 e. The molecule has 4 aromatic rings. The number of nitrogens with zero attached hydrogens (tertiary/aromatic N) is 1. The summed E-state index contributed by atoms with van der Waals surface area (Å²) in [5.41, 5.74) is 8.07. The molecule has 0 saturated heterocycles. The second-order valence-electron chi connectivity index (χ2n) is 6.23. The van der Waals surface area contributed by atoms with Gasteiger partial charge in [-0.15, -0.1) is 0 Å². The predicted molar refractivity (Wildman–Crippen MR) is 100 cm³/mol. The molecule has 0 aliphatic carbocycles. The van der Waals surface area contributed by atoms with Crippen molar-refractivity contribution in [2.24, 2.45) is 0 Å². The van der Waals surface area contributed by atoms with Gasteiger partial charge in [0.05, 0.1) is 5.52 Å². The van der Waals surface area contributed by atoms with Gasteiger partial charge in [-0.25, -0.2) is 0 Å². The van der Waals surface area contributed by atoms with Crippen molar-refractivity contribution in [2.75, 3.05) is 0 Å². The highest BCUT2D eigenvalue weighted by molar-refractivity contribution is 6.13. The number of hydrogen-bond acceptors (Lipinski definition) is 0. The van der Waals surface area contributed by atoms with E-state index in [1.54, 1.807) is 0 Å². The molecule has 4 rings (SSSR count). The third-order valence-electron chi connectivity index (χ3n) is 4.86. The van der Waals surface area contributed by atoms with E-state index in [1.165, 1.54) is 44.1 Å². The van der Waals surface area contributed by atoms with E-state index in [2.05, 4.69) is 86.0 Å². The SMILES string of the molecule is CCn1c2ccccc2c2cccc(-c3c(C)cccc3C)c21. The van der Waals surface area contributed by atoms with Crippen LogP contribution in [-0.4, -0.2) is 4.57 Å². The van der Waals surface area contributed by atoms with Gasteiger partial charge in [0.2, 0.25) is 0 Å². The first-order chi connectivity index (χ1) is 11.2. The molecule has 0 fully saturated rings. The summed E-state index contributed by atoms with van der Waals surface area (Å²) in [7, 11) is 0. The summed E-state index contributed by atoms with van der Waals surface area (Å²) >= 11 is 0. The average molecular weight is 299 g/mol. The van der Waals surface area contributed by atoms with Crippen LogP contribution in [0.25, 0.3) is 32.9 Å². The van der Waals surface area contributed by atoms with Gasteiger partial charge >= 0.3 is 0 Å². The Balaban J connectivity index is 2.21. The number of hydrogen-bond donors (Lipinski definition) is 0. The quantitative estimate of drug-likeness (QED) is 0.421. The molecule has 0 N–H and O–H groups in total. The van der Waals surface area contributed by atoms with Crippen LogP contribution in [0.3, 0.4) is 0 Å². The first kappa shape index (κ1) is 14.1. The summed E-state index contributed by atoms with van der Waals surface area (Å²) in [6.07, 6.45) is 0. The van der Waals surface area contributed by atoms with Crippen molar-refractivity contribution in [1.82, 2.24) is 4.57 Å². The number of rotatable bonds is 2. The molecule has 1 heterocycles. The van der Waals surface area contributed by atoms with Crippen LogP contribution < -0.4 is 0 Å². The number of fused-ring (bicyclic) bond motifs is 3. The van der Waals surface area contributed by atoms with E-state index >= 15 is 0 Å². The van der Waals surface area contributed by atoms with Gasteiger partial charge in [-0.2, -0.15) is 0 Å². The Hall–Kier alpha value is -2.54. The zero-order chi connectivity index (χ0) is 16.0. The van der Waals surface area contributed by atoms with Crippen LogP contribution in [0.2, 0.25) is 0 Å². The van der Waals surface area contributed by atoms with Crippen LogP contribution in [0, 0.1) is 13.8 Å². The highest BCUT2D eigenvalue weighted by Crippen LogP contribution is 2.38. The van der Waals surface area contributed by atoms with E-state index in [9.17, 15) is 0 Å². The number of aryl methyl sites for hydroxylation is 3. The fourth-order valence-corrected chi connectivity index (χ4v) is 3.88. The Morgan fingerprint density at radius 3 is 2.13 bits per heavy atom. The predicted octanol–water partition coefficient (Wildman–Crippen LogP) is 6.10. The fourth-order valence-electron chi connectivity index (χ4n) is 3.88. The molecule has 114 valence electrons. The lowest BCUT2D eigenvalue weighted by molar-refractivity contribution is 0.827. The standard InChI is InChI=1S/C22H21N/c1-4-23-20-14-6-5-11-17(20)18-12-8-13-19(22(18)23)21-15(2)9-7-10-16(21)3/h5-14H,4H2,1-3H3. The van der Waals surface area contributed by atoms with E-state index in [1.807, 2.05) is 0 Å². The Morgan fingerprint density at radius 1 is 0.739 bits per heavy atom. The molecule has 0 radical (unpaired) electrons. The van der Waals surface area contributed by atoms with E-state index in [-0.39, 0.29) is 0 Å². The van der Waals surface area contributed by atoms with Gasteiger partial charge < -0.3 is 4.57 Å². The lowest BCUT2D eigenvalue weighted by Crippen LogP contribution is -1.96. The largest absolute Gasteiger partial charge is 0.340 e. The lowest BCUT2D eigenvalue weighted by Gasteiger charge is -2.14. The molecule has 0 atom stereocenters. The summed E-state index contributed by atoms with van der Waals surface area (Å²) in [6, 6.07) is 22.0. The van der Waals surface area contributed by atoms with E-state index < -0.39 is 0 Å². The molecule has 0 aliphatic heterocycles. The first-order valence-electron chi connectivity index (χ1n) is 8.29. The van der Waals surface area contributed by atoms with Crippen molar-refractivity contribution < 1.29 is 0 Å². The normalized spacial score (nSPS) is 11.4. The van der Waals surface area contributed by atoms with E-state index in [0.29, 0.717) is 0 Å². The minimum absolute atomic E-state index is 0.978. The molecular formula is C22H21N. The molecule has 0 aliphatic rings. The van der Waals surface area contributed by atoms with Crippen LogP contribution in [0.15, 0.2) is 60.7 Å². The maximum Gasteiger partial charge on any atom is 0.0571 e. The van der Waals surface area contributed by atoms with Gasteiger partial charge in [0, 0.05) is 28.4 Å². The Morgan fingerprint density at radius 2 is 1.39 bits per heavy atom. The number of aromatic nitrogens is 1. The minimum atomic E-state index is 0.978. The van der Waals surface area contributed by atoms with Crippen molar-refractivity contribution in [3.8, 4) is 11.1 Å². The molecule has 0 saturated carbocycles. The molecule has 1 nitrogen and oxygen atoms in total. The monoisotopic (exact) mass is 299 g/mol. The van der Waals surface area contributed by atoms with Crippen LogP contribution >= 0.6 is 0 Å². The van der Waals surface area contributed by atoms with Crippen molar-refractivity contribution in [2.45, 2.75) is 27.3 Å². The van der Waals surface area contributed by atoms with Crippen LogP contribution in [0.5, 0.6) is 0 Å². The molecule has 0 spiro atoms. The van der Waals surface area contributed by atoms with Gasteiger partial charge in [-0.05, 0) is 43.5 Å². The molecule has 1 heteroatoms. The van der Waals surface area contributed by atoms with Crippen molar-refractivity contribution in [3.63, 3.8) is 0 Å². The van der Waals surface area contributed by atoms with Crippen molar-refractivity contribution in [3.05, 3.63) is 71.8 Å². The van der Waals surface area contributed by atoms with Gasteiger partial charge in [0.1, 0.15) is 0 Å². The second-order valence-corrected chi connectivity index (χ2v) is 6.23. The lowest BCUT2D eigenvalue weighted by atomic mass is 9.94. The molecule has 23 heavy (non-hydrogen) atoms. The average Bonchev–Trinajstić information content (AvgIpc) is 2.89. The van der Waals surface area contributed by atoms with Crippen molar-refractivity contribution >= 4 is 21.8 Å². The van der Waals surface area contributed by atoms with Crippen LogP contribution in [0.1, 0.15) is 18.1 Å². The Bertz CT molecular complexity index is 1000. The van der Waals surface area contributed by atoms with E-state index in [0.717, 1.165) is 6.54 Å². The van der Waals surface area contributed by atoms with Gasteiger partial charge in [0.15, 0.2) is 0 Å². The van der Waals surface area contributed by atoms with Crippen LogP contribution in [-0.2, 0) is 6.54 Å². The number of para-hydroxylation sites is 2. The maximum atomic E-state index is 2.45. The van der Waals surface area contributed by atoms with Crippen molar-refractivity contribution in [1.29, 1.82) is 0 Å². The fraction of sp³-hybridized carbons (Fsp3) is 0.182. The summed E-state index contributed by atoms with van der Waals surface area (Å²) in [4.78, 5) is 0. The number of benzene rings is 3. The third-order valence-corrected chi connectivity index (χ3v) is 4.86. The summed E-state index contributed by atoms with van der Waals surface area (Å²) in [5, 5.41) is 2.69. The maximum absolute atomic E-state index is 2.45. The molecule has 0 bridgehead atoms. The molecular weight excluding hydrogens is 278 g/mol. The Labute approximate surface area is 137 Å².